The zero-order valence-electron chi connectivity index (χ0n) is 13.4. The van der Waals surface area contributed by atoms with Crippen LogP contribution < -0.4 is 10.6 Å². The van der Waals surface area contributed by atoms with Gasteiger partial charge in [0.25, 0.3) is 0 Å². The first kappa shape index (κ1) is 18.1. The van der Waals surface area contributed by atoms with Crippen LogP contribution in [0.4, 0.5) is 0 Å². The number of hydrogen-bond donors (Lipinski definition) is 2. The summed E-state index contributed by atoms with van der Waals surface area (Å²) in [6, 6.07) is 2.39. The van der Waals surface area contributed by atoms with E-state index in [2.05, 4.69) is 41.4 Å². The van der Waals surface area contributed by atoms with E-state index < -0.39 is 0 Å². The Labute approximate surface area is 137 Å². The van der Waals surface area contributed by atoms with Crippen LogP contribution >= 0.6 is 23.2 Å². The van der Waals surface area contributed by atoms with Crippen molar-refractivity contribution < 1.29 is 0 Å². The van der Waals surface area contributed by atoms with Crippen molar-refractivity contribution in [1.29, 1.82) is 0 Å². The van der Waals surface area contributed by atoms with Gasteiger partial charge in [0.05, 0.1) is 11.6 Å². The molecular formula is C14H25Cl2N5. The fourth-order valence-corrected chi connectivity index (χ4v) is 2.18. The lowest BCUT2D eigenvalue weighted by Crippen LogP contribution is -2.41. The Bertz CT molecular complexity index is 482. The maximum Gasteiger partial charge on any atom is 0.191 e. The Morgan fingerprint density at radius 3 is 2.52 bits per heavy atom. The fourth-order valence-electron chi connectivity index (χ4n) is 1.76. The lowest BCUT2D eigenvalue weighted by molar-refractivity contribution is 0.278. The van der Waals surface area contributed by atoms with Crippen molar-refractivity contribution in [1.82, 2.24) is 20.1 Å². The predicted molar refractivity (Wildman–Crippen MR) is 91.4 cm³/mol. The number of nitrogens with one attached hydrogen (secondary N) is 2. The van der Waals surface area contributed by atoms with Gasteiger partial charge in [-0.15, -0.1) is 0 Å². The number of rotatable bonds is 6. The SMILES string of the molecule is CN=C(NCCN(C)C(C)C)NCc1cc(Cl)c(Cl)n1C. The van der Waals surface area contributed by atoms with Gasteiger partial charge in [0, 0.05) is 38.9 Å². The average molecular weight is 334 g/mol. The van der Waals surface area contributed by atoms with Crippen LogP contribution in [0.1, 0.15) is 19.5 Å². The minimum atomic E-state index is 0.537. The first-order valence-electron chi connectivity index (χ1n) is 7.01. The lowest BCUT2D eigenvalue weighted by Gasteiger charge is -2.21. The number of halogens is 2. The van der Waals surface area contributed by atoms with E-state index in [1.165, 1.54) is 0 Å². The van der Waals surface area contributed by atoms with Crippen molar-refractivity contribution in [3.8, 4) is 0 Å². The molecular weight excluding hydrogens is 309 g/mol. The Morgan fingerprint density at radius 1 is 1.38 bits per heavy atom. The Hall–Kier alpha value is -0.910. The molecule has 1 aromatic heterocycles. The summed E-state index contributed by atoms with van der Waals surface area (Å²) in [5.74, 6) is 0.764. The van der Waals surface area contributed by atoms with E-state index in [1.54, 1.807) is 7.05 Å². The van der Waals surface area contributed by atoms with Crippen molar-refractivity contribution in [2.24, 2.45) is 12.0 Å². The summed E-state index contributed by atoms with van der Waals surface area (Å²) in [6.45, 7) is 6.76. The molecule has 1 aromatic rings. The zero-order chi connectivity index (χ0) is 16.0. The lowest BCUT2D eigenvalue weighted by atomic mass is 10.3. The molecule has 5 nitrogen and oxygen atoms in total. The Balaban J connectivity index is 2.43. The summed E-state index contributed by atoms with van der Waals surface area (Å²) >= 11 is 12.0. The maximum atomic E-state index is 6.05. The minimum absolute atomic E-state index is 0.537. The van der Waals surface area contributed by atoms with Crippen LogP contribution in [0.3, 0.4) is 0 Å². The van der Waals surface area contributed by atoms with Crippen LogP contribution in [-0.2, 0) is 13.6 Å². The van der Waals surface area contributed by atoms with Gasteiger partial charge in [0.15, 0.2) is 5.96 Å². The molecule has 0 fully saturated rings. The van der Waals surface area contributed by atoms with E-state index in [9.17, 15) is 0 Å². The average Bonchev–Trinajstić information content (AvgIpc) is 2.69. The zero-order valence-corrected chi connectivity index (χ0v) is 14.9. The minimum Gasteiger partial charge on any atom is -0.355 e. The van der Waals surface area contributed by atoms with Gasteiger partial charge in [-0.3, -0.25) is 4.99 Å². The van der Waals surface area contributed by atoms with E-state index in [4.69, 9.17) is 23.2 Å². The van der Waals surface area contributed by atoms with E-state index in [0.717, 1.165) is 24.7 Å². The van der Waals surface area contributed by atoms with Crippen LogP contribution in [0, 0.1) is 0 Å². The molecule has 0 spiro atoms. The molecule has 21 heavy (non-hydrogen) atoms. The summed E-state index contributed by atoms with van der Waals surface area (Å²) in [5, 5.41) is 7.66. The molecule has 0 atom stereocenters. The maximum absolute atomic E-state index is 6.05. The molecule has 0 aromatic carbocycles. The molecule has 0 amide bonds. The van der Waals surface area contributed by atoms with Gasteiger partial charge in [-0.1, -0.05) is 23.2 Å². The standard InChI is InChI=1S/C14H25Cl2N5/c1-10(2)20(4)7-6-18-14(17-3)19-9-11-8-12(15)13(16)21(11)5/h8,10H,6-7,9H2,1-5H3,(H2,17,18,19). The summed E-state index contributed by atoms with van der Waals surface area (Å²) in [4.78, 5) is 6.48. The summed E-state index contributed by atoms with van der Waals surface area (Å²) in [5.41, 5.74) is 1.01. The molecule has 0 aliphatic rings. The monoisotopic (exact) mass is 333 g/mol. The Morgan fingerprint density at radius 2 is 2.05 bits per heavy atom. The van der Waals surface area contributed by atoms with Gasteiger partial charge >= 0.3 is 0 Å². The number of guanidine groups is 1. The highest BCUT2D eigenvalue weighted by Gasteiger charge is 2.09. The number of hydrogen-bond acceptors (Lipinski definition) is 2. The van der Waals surface area contributed by atoms with Crippen molar-refractivity contribution in [3.63, 3.8) is 0 Å². The number of aliphatic imine (C=N–C) groups is 1. The van der Waals surface area contributed by atoms with Crippen LogP contribution in [0.25, 0.3) is 0 Å². The largest absolute Gasteiger partial charge is 0.355 e. The van der Waals surface area contributed by atoms with E-state index in [0.29, 0.717) is 22.8 Å². The number of likely N-dealkylation sites (N-methyl/N-ethyl adjacent to an activating group) is 1. The Kier molecular flexibility index (Phi) is 7.35. The molecule has 120 valence electrons. The molecule has 0 bridgehead atoms. The van der Waals surface area contributed by atoms with E-state index in [-0.39, 0.29) is 0 Å². The molecule has 0 aliphatic carbocycles. The molecule has 0 aliphatic heterocycles. The highest BCUT2D eigenvalue weighted by atomic mass is 35.5. The second kappa shape index (κ2) is 8.51. The summed E-state index contributed by atoms with van der Waals surface area (Å²) in [7, 11) is 5.75. The first-order chi connectivity index (χ1) is 9.86. The van der Waals surface area contributed by atoms with Crippen molar-refractivity contribution in [2.45, 2.75) is 26.4 Å². The highest BCUT2D eigenvalue weighted by Crippen LogP contribution is 2.24. The molecule has 0 radical (unpaired) electrons. The number of aromatic nitrogens is 1. The molecule has 7 heteroatoms. The molecule has 1 rings (SSSR count). The van der Waals surface area contributed by atoms with Crippen molar-refractivity contribution in [3.05, 3.63) is 21.9 Å². The second-order valence-corrected chi connectivity index (χ2v) is 6.03. The number of nitrogens with zero attached hydrogens (tertiary/aromatic N) is 3. The predicted octanol–water partition coefficient (Wildman–Crippen LogP) is 2.34. The molecule has 0 unspecified atom stereocenters. The fraction of sp³-hybridized carbons (Fsp3) is 0.643. The van der Waals surface area contributed by atoms with Crippen LogP contribution in [0.5, 0.6) is 0 Å². The topological polar surface area (TPSA) is 44.6 Å². The third-order valence-electron chi connectivity index (χ3n) is 3.51. The van der Waals surface area contributed by atoms with Gasteiger partial charge in [-0.25, -0.2) is 0 Å². The van der Waals surface area contributed by atoms with Gasteiger partial charge in [-0.2, -0.15) is 0 Å². The summed E-state index contributed by atoms with van der Waals surface area (Å²) < 4.78 is 1.86. The molecule has 1 heterocycles. The normalized spacial score (nSPS) is 12.3. The van der Waals surface area contributed by atoms with Crippen LogP contribution in [0.2, 0.25) is 10.2 Å². The van der Waals surface area contributed by atoms with Gasteiger partial charge in [-0.05, 0) is 27.0 Å². The quantitative estimate of drug-likeness (QED) is 0.620. The van der Waals surface area contributed by atoms with Crippen LogP contribution in [-0.4, -0.2) is 48.7 Å². The van der Waals surface area contributed by atoms with Gasteiger partial charge in [0.1, 0.15) is 5.15 Å². The molecule has 0 saturated heterocycles. The van der Waals surface area contributed by atoms with E-state index in [1.807, 2.05) is 17.7 Å². The smallest absolute Gasteiger partial charge is 0.191 e. The van der Waals surface area contributed by atoms with Crippen molar-refractivity contribution >= 4 is 29.2 Å². The van der Waals surface area contributed by atoms with Crippen LogP contribution in [0.15, 0.2) is 11.1 Å². The highest BCUT2D eigenvalue weighted by molar-refractivity contribution is 6.41. The van der Waals surface area contributed by atoms with E-state index >= 15 is 0 Å². The van der Waals surface area contributed by atoms with Gasteiger partial charge < -0.3 is 20.1 Å². The van der Waals surface area contributed by atoms with Gasteiger partial charge in [0.2, 0.25) is 0 Å². The van der Waals surface area contributed by atoms with Crippen molar-refractivity contribution in [2.75, 3.05) is 27.2 Å². The third-order valence-corrected chi connectivity index (χ3v) is 4.36. The third kappa shape index (κ3) is 5.41. The summed E-state index contributed by atoms with van der Waals surface area (Å²) in [6.07, 6.45) is 0. The molecule has 0 saturated carbocycles. The first-order valence-corrected chi connectivity index (χ1v) is 7.76. The molecule has 2 N–H and O–H groups in total. The second-order valence-electron chi connectivity index (χ2n) is 5.26.